The van der Waals surface area contributed by atoms with Crippen LogP contribution in [0.1, 0.15) is 24.2 Å². The Kier molecular flexibility index (Phi) is 4.19. The number of nitrogens with two attached hydrogens (primary N) is 1. The topological polar surface area (TPSA) is 92.4 Å². The van der Waals surface area contributed by atoms with Gasteiger partial charge in [0.1, 0.15) is 0 Å². The quantitative estimate of drug-likeness (QED) is 0.727. The molecule has 0 aromatic heterocycles. The Balaban J connectivity index is 2.72. The monoisotopic (exact) mass is 270 g/mol. The Labute approximate surface area is 110 Å². The molecule has 0 fully saturated rings. The molecule has 5 nitrogen and oxygen atoms in total. The van der Waals surface area contributed by atoms with Crippen LogP contribution >= 0.6 is 11.6 Å². The molecule has 0 saturated heterocycles. The molecule has 0 aliphatic heterocycles. The Morgan fingerprint density at radius 1 is 1.44 bits per heavy atom. The molecule has 0 atom stereocenters. The van der Waals surface area contributed by atoms with E-state index in [0.717, 1.165) is 0 Å². The van der Waals surface area contributed by atoms with E-state index in [1.165, 1.54) is 32.0 Å². The van der Waals surface area contributed by atoms with Gasteiger partial charge in [0, 0.05) is 12.1 Å². The molecule has 1 amide bonds. The minimum atomic E-state index is -1.02. The maximum absolute atomic E-state index is 11.8. The van der Waals surface area contributed by atoms with Gasteiger partial charge in [0.2, 0.25) is 0 Å². The fourth-order valence-electron chi connectivity index (χ4n) is 1.16. The van der Waals surface area contributed by atoms with Crippen LogP contribution in [0.25, 0.3) is 0 Å². The number of carboxylic acid groups (broad SMARTS) is 1. The molecular weight excluding hydrogens is 256 g/mol. The summed E-state index contributed by atoms with van der Waals surface area (Å²) in [4.78, 5) is 22.7. The third-order valence-electron chi connectivity index (χ3n) is 2.53. The van der Waals surface area contributed by atoms with Gasteiger partial charge in [-0.1, -0.05) is 11.6 Å². The SMILES string of the molecule is CC(C)(CNC(=O)c1ccc(Cl)c(N)c1)C(=O)O. The van der Waals surface area contributed by atoms with E-state index in [2.05, 4.69) is 5.32 Å². The van der Waals surface area contributed by atoms with Gasteiger partial charge in [-0.2, -0.15) is 0 Å². The van der Waals surface area contributed by atoms with Crippen molar-refractivity contribution in [3.05, 3.63) is 28.8 Å². The van der Waals surface area contributed by atoms with Crippen molar-refractivity contribution in [2.45, 2.75) is 13.8 Å². The Morgan fingerprint density at radius 3 is 2.56 bits per heavy atom. The number of rotatable bonds is 4. The minimum absolute atomic E-state index is 0.0314. The number of nitrogen functional groups attached to an aromatic ring is 1. The van der Waals surface area contributed by atoms with Crippen molar-refractivity contribution in [2.75, 3.05) is 12.3 Å². The van der Waals surface area contributed by atoms with Gasteiger partial charge in [-0.25, -0.2) is 0 Å². The molecule has 0 spiro atoms. The summed E-state index contributed by atoms with van der Waals surface area (Å²) in [6.45, 7) is 3.10. The van der Waals surface area contributed by atoms with Crippen LogP contribution in [0.3, 0.4) is 0 Å². The first-order chi connectivity index (χ1) is 8.24. The molecule has 0 unspecified atom stereocenters. The van der Waals surface area contributed by atoms with Gasteiger partial charge < -0.3 is 16.2 Å². The van der Waals surface area contributed by atoms with Crippen LogP contribution in [0.5, 0.6) is 0 Å². The van der Waals surface area contributed by atoms with Gasteiger partial charge in [0.25, 0.3) is 5.91 Å². The Bertz CT molecular complexity index is 486. The van der Waals surface area contributed by atoms with Crippen molar-refractivity contribution in [1.29, 1.82) is 0 Å². The fourth-order valence-corrected chi connectivity index (χ4v) is 1.28. The van der Waals surface area contributed by atoms with E-state index in [9.17, 15) is 9.59 Å². The highest BCUT2D eigenvalue weighted by atomic mass is 35.5. The van der Waals surface area contributed by atoms with E-state index < -0.39 is 11.4 Å². The van der Waals surface area contributed by atoms with Crippen molar-refractivity contribution >= 4 is 29.2 Å². The predicted molar refractivity (Wildman–Crippen MR) is 69.6 cm³/mol. The molecule has 0 radical (unpaired) electrons. The second-order valence-electron chi connectivity index (χ2n) is 4.61. The van der Waals surface area contributed by atoms with Gasteiger partial charge in [0.05, 0.1) is 16.1 Å². The zero-order valence-corrected chi connectivity index (χ0v) is 10.9. The standard InChI is InChI=1S/C12H15ClN2O3/c1-12(2,11(17)18)6-15-10(16)7-3-4-8(13)9(14)5-7/h3-5H,6,14H2,1-2H3,(H,15,16)(H,17,18). The van der Waals surface area contributed by atoms with Crippen LogP contribution in [-0.4, -0.2) is 23.5 Å². The summed E-state index contributed by atoms with van der Waals surface area (Å²) >= 11 is 5.74. The van der Waals surface area contributed by atoms with Crippen molar-refractivity contribution in [1.82, 2.24) is 5.32 Å². The van der Waals surface area contributed by atoms with E-state index >= 15 is 0 Å². The molecule has 1 rings (SSSR count). The highest BCUT2D eigenvalue weighted by molar-refractivity contribution is 6.33. The average Bonchev–Trinajstić information content (AvgIpc) is 2.29. The fraction of sp³-hybridized carbons (Fsp3) is 0.333. The van der Waals surface area contributed by atoms with Gasteiger partial charge >= 0.3 is 5.97 Å². The molecule has 0 aliphatic carbocycles. The third kappa shape index (κ3) is 3.37. The number of carbonyl (C=O) groups excluding carboxylic acids is 1. The number of amides is 1. The first kappa shape index (κ1) is 14.3. The lowest BCUT2D eigenvalue weighted by atomic mass is 9.94. The van der Waals surface area contributed by atoms with Crippen LogP contribution in [0.2, 0.25) is 5.02 Å². The number of halogens is 1. The molecule has 0 aliphatic rings. The highest BCUT2D eigenvalue weighted by Crippen LogP contribution is 2.19. The van der Waals surface area contributed by atoms with E-state index in [0.29, 0.717) is 16.3 Å². The lowest BCUT2D eigenvalue weighted by Gasteiger charge is -2.19. The average molecular weight is 271 g/mol. The molecule has 0 bridgehead atoms. The number of nitrogens with one attached hydrogen (secondary N) is 1. The molecule has 4 N–H and O–H groups in total. The normalized spacial score (nSPS) is 11.1. The zero-order valence-electron chi connectivity index (χ0n) is 10.2. The summed E-state index contributed by atoms with van der Waals surface area (Å²) in [6, 6.07) is 4.50. The van der Waals surface area contributed by atoms with E-state index in [4.69, 9.17) is 22.4 Å². The van der Waals surface area contributed by atoms with Crippen LogP contribution < -0.4 is 11.1 Å². The summed E-state index contributed by atoms with van der Waals surface area (Å²) in [5.41, 5.74) is 5.22. The first-order valence-electron chi connectivity index (χ1n) is 5.30. The number of aliphatic carboxylic acids is 1. The second-order valence-corrected chi connectivity index (χ2v) is 5.02. The van der Waals surface area contributed by atoms with Crippen molar-refractivity contribution in [3.8, 4) is 0 Å². The molecule has 18 heavy (non-hydrogen) atoms. The van der Waals surface area contributed by atoms with Crippen molar-refractivity contribution in [3.63, 3.8) is 0 Å². The Morgan fingerprint density at radius 2 is 2.06 bits per heavy atom. The first-order valence-corrected chi connectivity index (χ1v) is 5.68. The number of carbonyl (C=O) groups is 2. The zero-order chi connectivity index (χ0) is 13.9. The van der Waals surface area contributed by atoms with Crippen LogP contribution in [-0.2, 0) is 4.79 Å². The molecule has 0 heterocycles. The van der Waals surface area contributed by atoms with Gasteiger partial charge in [-0.05, 0) is 32.0 Å². The summed E-state index contributed by atoms with van der Waals surface area (Å²) < 4.78 is 0. The number of benzene rings is 1. The predicted octanol–water partition coefficient (Wildman–Crippen LogP) is 1.76. The van der Waals surface area contributed by atoms with E-state index in [1.807, 2.05) is 0 Å². The van der Waals surface area contributed by atoms with Gasteiger partial charge in [0.15, 0.2) is 0 Å². The lowest BCUT2D eigenvalue weighted by Crippen LogP contribution is -2.38. The van der Waals surface area contributed by atoms with E-state index in [-0.39, 0.29) is 12.5 Å². The second kappa shape index (κ2) is 5.27. The summed E-state index contributed by atoms with van der Waals surface area (Å²) in [5.74, 6) is -1.36. The molecule has 0 saturated carbocycles. The maximum atomic E-state index is 11.8. The smallest absolute Gasteiger partial charge is 0.310 e. The van der Waals surface area contributed by atoms with Crippen LogP contribution in [0, 0.1) is 5.41 Å². The maximum Gasteiger partial charge on any atom is 0.310 e. The number of carboxylic acids is 1. The number of hydrogen-bond acceptors (Lipinski definition) is 3. The molecular formula is C12H15ClN2O3. The van der Waals surface area contributed by atoms with Crippen molar-refractivity contribution in [2.24, 2.45) is 5.41 Å². The minimum Gasteiger partial charge on any atom is -0.481 e. The largest absolute Gasteiger partial charge is 0.481 e. The van der Waals surface area contributed by atoms with Crippen molar-refractivity contribution < 1.29 is 14.7 Å². The molecule has 6 heteroatoms. The van der Waals surface area contributed by atoms with Gasteiger partial charge in [-0.3, -0.25) is 9.59 Å². The van der Waals surface area contributed by atoms with Crippen LogP contribution in [0.15, 0.2) is 18.2 Å². The molecule has 1 aromatic rings. The molecule has 98 valence electrons. The van der Waals surface area contributed by atoms with Crippen LogP contribution in [0.4, 0.5) is 5.69 Å². The lowest BCUT2D eigenvalue weighted by molar-refractivity contribution is -0.146. The Hall–Kier alpha value is -1.75. The number of hydrogen-bond donors (Lipinski definition) is 3. The van der Waals surface area contributed by atoms with E-state index in [1.54, 1.807) is 0 Å². The molecule has 1 aromatic carbocycles. The summed E-state index contributed by atoms with van der Waals surface area (Å²) in [6.07, 6.45) is 0. The summed E-state index contributed by atoms with van der Waals surface area (Å²) in [7, 11) is 0. The third-order valence-corrected chi connectivity index (χ3v) is 2.87. The number of anilines is 1. The summed E-state index contributed by atoms with van der Waals surface area (Å²) in [5, 5.41) is 11.8. The highest BCUT2D eigenvalue weighted by Gasteiger charge is 2.27. The van der Waals surface area contributed by atoms with Gasteiger partial charge in [-0.15, -0.1) is 0 Å².